The molecule has 3 N–H and O–H groups in total. The van der Waals surface area contributed by atoms with Crippen LogP contribution < -0.4 is 9.05 Å². The minimum Gasteiger partial charge on any atom is -0.481 e. The molecule has 0 atom stereocenters. The molecule has 0 heterocycles. The van der Waals surface area contributed by atoms with Gasteiger partial charge >= 0.3 is 19.8 Å². The zero-order valence-electron chi connectivity index (χ0n) is 30.7. The van der Waals surface area contributed by atoms with Crippen LogP contribution in [0, 0.1) is 0 Å². The number of carboxylic acid groups (broad SMARTS) is 1. The minimum absolute atomic E-state index is 0.0784. The fraction of sp³-hybridized carbons (Fsp3) is 0.381. The lowest BCUT2D eigenvalue weighted by atomic mass is 10.1. The molecule has 9 nitrogen and oxygen atoms in total. The first-order valence-corrected chi connectivity index (χ1v) is 19.6. The number of aliphatic carboxylic acids is 1. The number of carbonyl (C=O) groups is 2. The normalized spacial score (nSPS) is 10.2. The Morgan fingerprint density at radius 1 is 0.558 bits per heavy atom. The number of carboxylic acids is 1. The first kappa shape index (κ1) is 45.6. The zero-order valence-corrected chi connectivity index (χ0v) is 31.6. The Kier molecular flexibility index (Phi) is 26.5. The van der Waals surface area contributed by atoms with Crippen LogP contribution in [0.25, 0.3) is 0 Å². The van der Waals surface area contributed by atoms with Crippen LogP contribution in [0.3, 0.4) is 0 Å². The molecule has 4 rings (SSSR count). The standard InChI is InChI=1S/C15H22O2.C12H11O4P.C8H16O2.C7H8O/c1-2-3-4-5-9-12-15(16)17-13-14-10-7-6-8-11-14;13-17(14,15-11-7-3-1-4-8-11)16-12-9-5-2-6-10-12;1-2-3-4-5-6-7-8(9)10;8-6-7-4-2-1-3-5-7/h6-8,10-11H,2-5,9,12-13H2,1H3;1-10H,(H,13,14);2-7H2,1H3,(H,9,10);1-5,8H,6H2. The van der Waals surface area contributed by atoms with Crippen LogP contribution in [0.1, 0.15) is 102 Å². The smallest absolute Gasteiger partial charge is 0.481 e. The van der Waals surface area contributed by atoms with E-state index in [1.165, 1.54) is 38.5 Å². The van der Waals surface area contributed by atoms with Gasteiger partial charge < -0.3 is 24.0 Å². The number of ether oxygens (including phenoxy) is 1. The van der Waals surface area contributed by atoms with Gasteiger partial charge in [0.2, 0.25) is 0 Å². The van der Waals surface area contributed by atoms with Gasteiger partial charge in [0.1, 0.15) is 18.1 Å². The number of hydrogen-bond acceptors (Lipinski definition) is 7. The zero-order chi connectivity index (χ0) is 38.1. The van der Waals surface area contributed by atoms with Crippen molar-refractivity contribution in [3.63, 3.8) is 0 Å². The number of esters is 1. The summed E-state index contributed by atoms with van der Waals surface area (Å²) in [6.07, 6.45) is 12.2. The van der Waals surface area contributed by atoms with Crippen molar-refractivity contribution in [2.75, 3.05) is 0 Å². The second-order valence-electron chi connectivity index (χ2n) is 11.8. The van der Waals surface area contributed by atoms with Gasteiger partial charge in [0.25, 0.3) is 0 Å². The minimum atomic E-state index is -4.14. The molecule has 0 aliphatic heterocycles. The molecule has 0 saturated heterocycles. The van der Waals surface area contributed by atoms with Gasteiger partial charge in [-0.15, -0.1) is 0 Å². The number of aliphatic hydroxyl groups is 1. The lowest BCUT2D eigenvalue weighted by molar-refractivity contribution is -0.145. The number of carbonyl (C=O) groups excluding carboxylic acids is 1. The van der Waals surface area contributed by atoms with Crippen LogP contribution in [0.5, 0.6) is 11.5 Å². The van der Waals surface area contributed by atoms with Crippen molar-refractivity contribution in [3.05, 3.63) is 132 Å². The molecule has 0 unspecified atom stereocenters. The summed E-state index contributed by atoms with van der Waals surface area (Å²) >= 11 is 0. The Balaban J connectivity index is 0.000000363. The molecule has 0 aliphatic rings. The third-order valence-corrected chi connectivity index (χ3v) is 8.06. The monoisotopic (exact) mass is 736 g/mol. The van der Waals surface area contributed by atoms with E-state index in [1.807, 2.05) is 60.7 Å². The number of phosphoric ester groups is 1. The average molecular weight is 737 g/mol. The number of aliphatic hydroxyl groups excluding tert-OH is 1. The van der Waals surface area contributed by atoms with E-state index in [0.717, 1.165) is 36.8 Å². The van der Waals surface area contributed by atoms with E-state index in [4.69, 9.17) is 24.0 Å². The molecule has 284 valence electrons. The first-order chi connectivity index (χ1) is 25.2. The molecule has 0 amide bonds. The Bertz CT molecular complexity index is 1430. The van der Waals surface area contributed by atoms with Crippen LogP contribution in [0.15, 0.2) is 121 Å². The Hall–Kier alpha value is -4.43. The molecule has 0 aliphatic carbocycles. The van der Waals surface area contributed by atoms with Gasteiger partial charge in [-0.2, -0.15) is 0 Å². The Morgan fingerprint density at radius 2 is 0.942 bits per heavy atom. The summed E-state index contributed by atoms with van der Waals surface area (Å²) in [6, 6.07) is 36.0. The highest BCUT2D eigenvalue weighted by Crippen LogP contribution is 2.44. The third-order valence-electron chi connectivity index (χ3n) is 7.17. The van der Waals surface area contributed by atoms with Crippen LogP contribution in [-0.4, -0.2) is 27.0 Å². The van der Waals surface area contributed by atoms with E-state index >= 15 is 0 Å². The van der Waals surface area contributed by atoms with Gasteiger partial charge in [-0.3, -0.25) is 14.5 Å². The maximum Gasteiger partial charge on any atom is 0.584 e. The predicted octanol–water partition coefficient (Wildman–Crippen LogP) is 10.9. The molecule has 0 bridgehead atoms. The third kappa shape index (κ3) is 26.4. The predicted molar refractivity (Wildman–Crippen MR) is 207 cm³/mol. The van der Waals surface area contributed by atoms with Crippen LogP contribution in [-0.2, 0) is 32.1 Å². The molecule has 0 fully saturated rings. The maximum atomic E-state index is 11.7. The number of benzene rings is 4. The second kappa shape index (κ2) is 30.2. The van der Waals surface area contributed by atoms with Gasteiger partial charge in [-0.25, -0.2) is 4.57 Å². The molecule has 4 aromatic rings. The summed E-state index contributed by atoms with van der Waals surface area (Å²) in [4.78, 5) is 31.0. The molecule has 10 heteroatoms. The highest BCUT2D eigenvalue weighted by atomic mass is 31.2. The average Bonchev–Trinajstić information content (AvgIpc) is 3.16. The van der Waals surface area contributed by atoms with Gasteiger partial charge in [0.05, 0.1) is 6.61 Å². The second-order valence-corrected chi connectivity index (χ2v) is 13.1. The lowest BCUT2D eigenvalue weighted by Gasteiger charge is -2.13. The van der Waals surface area contributed by atoms with Crippen LogP contribution in [0.4, 0.5) is 0 Å². The molecule has 0 spiro atoms. The van der Waals surface area contributed by atoms with Crippen molar-refractivity contribution in [1.29, 1.82) is 0 Å². The van der Waals surface area contributed by atoms with Gasteiger partial charge in [-0.05, 0) is 48.2 Å². The summed E-state index contributed by atoms with van der Waals surface area (Å²) < 4.78 is 26.6. The van der Waals surface area contributed by atoms with Gasteiger partial charge in [-0.1, -0.05) is 162 Å². The number of unbranched alkanes of at least 4 members (excludes halogenated alkanes) is 8. The molecule has 0 aromatic heterocycles. The van der Waals surface area contributed by atoms with E-state index < -0.39 is 13.8 Å². The maximum absolute atomic E-state index is 11.7. The summed E-state index contributed by atoms with van der Waals surface area (Å²) in [5, 5.41) is 16.8. The van der Waals surface area contributed by atoms with Crippen LogP contribution in [0.2, 0.25) is 0 Å². The number of para-hydroxylation sites is 2. The highest BCUT2D eigenvalue weighted by molar-refractivity contribution is 7.48. The first-order valence-electron chi connectivity index (χ1n) is 18.1. The van der Waals surface area contributed by atoms with E-state index in [1.54, 1.807) is 60.7 Å². The lowest BCUT2D eigenvalue weighted by Crippen LogP contribution is -2.04. The van der Waals surface area contributed by atoms with Gasteiger partial charge in [0, 0.05) is 12.8 Å². The molecular weight excluding hydrogens is 679 g/mol. The molecule has 52 heavy (non-hydrogen) atoms. The molecule has 0 radical (unpaired) electrons. The van der Waals surface area contributed by atoms with Crippen molar-refractivity contribution in [2.24, 2.45) is 0 Å². The van der Waals surface area contributed by atoms with Crippen molar-refractivity contribution in [1.82, 2.24) is 0 Å². The fourth-order valence-corrected chi connectivity index (χ4v) is 5.21. The largest absolute Gasteiger partial charge is 0.584 e. The number of rotatable bonds is 19. The number of hydrogen-bond donors (Lipinski definition) is 3. The SMILES string of the molecule is CCCCCCCC(=O)O.CCCCCCCC(=O)OCc1ccccc1.O=P(O)(Oc1ccccc1)Oc1ccccc1.OCc1ccccc1. The summed E-state index contributed by atoms with van der Waals surface area (Å²) in [6.45, 7) is 4.88. The van der Waals surface area contributed by atoms with Crippen molar-refractivity contribution < 1.29 is 43.0 Å². The topological polar surface area (TPSA) is 140 Å². The molecular formula is C42H57O9P. The van der Waals surface area contributed by atoms with E-state index in [9.17, 15) is 19.0 Å². The van der Waals surface area contributed by atoms with Crippen LogP contribution >= 0.6 is 7.82 Å². The summed E-state index contributed by atoms with van der Waals surface area (Å²) in [5.41, 5.74) is 2.01. The van der Waals surface area contributed by atoms with Crippen molar-refractivity contribution in [2.45, 2.75) is 104 Å². The highest BCUT2D eigenvalue weighted by Gasteiger charge is 2.24. The van der Waals surface area contributed by atoms with Gasteiger partial charge in [0.15, 0.2) is 0 Å². The van der Waals surface area contributed by atoms with Crippen molar-refractivity contribution in [3.8, 4) is 11.5 Å². The Labute approximate surface area is 310 Å². The quantitative estimate of drug-likeness (QED) is 0.0487. The number of phosphoric acid groups is 1. The fourth-order valence-electron chi connectivity index (χ4n) is 4.39. The summed E-state index contributed by atoms with van der Waals surface area (Å²) in [5.74, 6) is -0.176. The van der Waals surface area contributed by atoms with Crippen molar-refractivity contribution >= 4 is 19.8 Å². The molecule has 0 saturated carbocycles. The molecule has 4 aromatic carbocycles. The summed E-state index contributed by atoms with van der Waals surface area (Å²) in [7, 11) is -4.14. The van der Waals surface area contributed by atoms with E-state index in [0.29, 0.717) is 19.4 Å². The van der Waals surface area contributed by atoms with E-state index in [-0.39, 0.29) is 24.1 Å². The van der Waals surface area contributed by atoms with E-state index in [2.05, 4.69) is 13.8 Å². The Morgan fingerprint density at radius 3 is 1.33 bits per heavy atom.